The number of nitrogens with zero attached hydrogens (tertiary/aromatic N) is 2. The second-order valence-corrected chi connectivity index (χ2v) is 5.69. The molecule has 0 radical (unpaired) electrons. The van der Waals surface area contributed by atoms with Crippen LogP contribution in [-0.4, -0.2) is 53.0 Å². The summed E-state index contributed by atoms with van der Waals surface area (Å²) < 4.78 is 0. The van der Waals surface area contributed by atoms with Gasteiger partial charge in [0.2, 0.25) is 5.91 Å². The fourth-order valence-corrected chi connectivity index (χ4v) is 3.41. The van der Waals surface area contributed by atoms with Gasteiger partial charge in [0.05, 0.1) is 6.10 Å². The number of aliphatic hydroxyl groups excluding tert-OH is 1. The van der Waals surface area contributed by atoms with E-state index in [2.05, 4.69) is 11.0 Å². The number of aliphatic hydroxyl groups is 1. The summed E-state index contributed by atoms with van der Waals surface area (Å²) in [7, 11) is 0. The smallest absolute Gasteiger partial charge is 0.222 e. The van der Waals surface area contributed by atoms with E-state index < -0.39 is 0 Å². The van der Waals surface area contributed by atoms with Crippen molar-refractivity contribution >= 4 is 5.91 Å². The summed E-state index contributed by atoms with van der Waals surface area (Å²) in [4.78, 5) is 16.0. The van der Waals surface area contributed by atoms with Gasteiger partial charge < -0.3 is 10.0 Å². The van der Waals surface area contributed by atoms with Gasteiger partial charge in [-0.1, -0.05) is 31.2 Å². The van der Waals surface area contributed by atoms with Crippen molar-refractivity contribution in [3.8, 4) is 0 Å². The van der Waals surface area contributed by atoms with Crippen molar-refractivity contribution in [2.24, 2.45) is 0 Å². The molecule has 1 aromatic rings. The van der Waals surface area contributed by atoms with Crippen LogP contribution in [0.1, 0.15) is 30.6 Å². The number of carbonyl (C=O) groups is 1. The molecule has 4 nitrogen and oxygen atoms in total. The van der Waals surface area contributed by atoms with E-state index in [4.69, 9.17) is 0 Å². The Morgan fingerprint density at radius 1 is 1.25 bits per heavy atom. The van der Waals surface area contributed by atoms with Crippen molar-refractivity contribution in [3.63, 3.8) is 0 Å². The molecule has 3 rings (SSSR count). The maximum Gasteiger partial charge on any atom is 0.222 e. The molecule has 1 aliphatic carbocycles. The molecule has 1 heterocycles. The molecule has 1 saturated heterocycles. The molecular weight excluding hydrogens is 252 g/mol. The molecule has 2 aliphatic rings. The van der Waals surface area contributed by atoms with Gasteiger partial charge in [0.1, 0.15) is 0 Å². The lowest BCUT2D eigenvalue weighted by atomic mass is 10.1. The summed E-state index contributed by atoms with van der Waals surface area (Å²) in [5.74, 6) is 0.236. The first-order valence-corrected chi connectivity index (χ1v) is 7.48. The lowest BCUT2D eigenvalue weighted by molar-refractivity contribution is -0.133. The molecule has 1 N–H and O–H groups in total. The Balaban J connectivity index is 1.64. The van der Waals surface area contributed by atoms with Gasteiger partial charge in [-0.05, 0) is 17.5 Å². The van der Waals surface area contributed by atoms with Gasteiger partial charge >= 0.3 is 0 Å². The van der Waals surface area contributed by atoms with Crippen molar-refractivity contribution in [1.82, 2.24) is 9.80 Å². The number of amides is 1. The second-order valence-electron chi connectivity index (χ2n) is 5.69. The van der Waals surface area contributed by atoms with E-state index in [1.54, 1.807) is 0 Å². The molecule has 4 heteroatoms. The molecule has 108 valence electrons. The molecule has 0 bridgehead atoms. The summed E-state index contributed by atoms with van der Waals surface area (Å²) in [6.07, 6.45) is 1.11. The van der Waals surface area contributed by atoms with E-state index in [9.17, 15) is 9.90 Å². The van der Waals surface area contributed by atoms with Gasteiger partial charge in [-0.3, -0.25) is 9.69 Å². The Hall–Kier alpha value is -1.39. The van der Waals surface area contributed by atoms with Crippen LogP contribution in [0, 0.1) is 0 Å². The van der Waals surface area contributed by atoms with Crippen molar-refractivity contribution in [1.29, 1.82) is 0 Å². The Bertz CT molecular complexity index is 495. The minimum absolute atomic E-state index is 0.172. The highest BCUT2D eigenvalue weighted by Crippen LogP contribution is 2.34. The number of piperazine rings is 1. The first kappa shape index (κ1) is 13.6. The number of fused-ring (bicyclic) bond motifs is 1. The lowest BCUT2D eigenvalue weighted by Gasteiger charge is -2.39. The van der Waals surface area contributed by atoms with Gasteiger partial charge in [-0.25, -0.2) is 0 Å². The van der Waals surface area contributed by atoms with E-state index in [-0.39, 0.29) is 18.1 Å². The Morgan fingerprint density at radius 3 is 2.60 bits per heavy atom. The molecule has 0 spiro atoms. The van der Waals surface area contributed by atoms with Crippen LogP contribution >= 0.6 is 0 Å². The number of hydrogen-bond donors (Lipinski definition) is 1. The van der Waals surface area contributed by atoms with Gasteiger partial charge in [-0.2, -0.15) is 0 Å². The van der Waals surface area contributed by atoms with E-state index >= 15 is 0 Å². The van der Waals surface area contributed by atoms with Crippen LogP contribution in [0.3, 0.4) is 0 Å². The minimum atomic E-state index is -0.389. The zero-order chi connectivity index (χ0) is 14.1. The lowest BCUT2D eigenvalue weighted by Crippen LogP contribution is -2.52. The maximum absolute atomic E-state index is 11.7. The fourth-order valence-electron chi connectivity index (χ4n) is 3.41. The Morgan fingerprint density at radius 2 is 1.95 bits per heavy atom. The van der Waals surface area contributed by atoms with Crippen molar-refractivity contribution in [2.75, 3.05) is 26.2 Å². The third kappa shape index (κ3) is 2.34. The molecule has 20 heavy (non-hydrogen) atoms. The van der Waals surface area contributed by atoms with E-state index in [0.717, 1.165) is 38.2 Å². The monoisotopic (exact) mass is 274 g/mol. The minimum Gasteiger partial charge on any atom is -0.387 e. The average molecular weight is 274 g/mol. The highest BCUT2D eigenvalue weighted by atomic mass is 16.3. The largest absolute Gasteiger partial charge is 0.387 e. The van der Waals surface area contributed by atoms with Gasteiger partial charge in [-0.15, -0.1) is 0 Å². The molecular formula is C16H22N2O2. The first-order valence-electron chi connectivity index (χ1n) is 7.48. The van der Waals surface area contributed by atoms with Crippen LogP contribution in [0.4, 0.5) is 0 Å². The summed E-state index contributed by atoms with van der Waals surface area (Å²) in [6.45, 7) is 5.20. The first-order chi connectivity index (χ1) is 9.70. The molecule has 2 atom stereocenters. The quantitative estimate of drug-likeness (QED) is 0.881. The van der Waals surface area contributed by atoms with Crippen LogP contribution in [0.2, 0.25) is 0 Å². The maximum atomic E-state index is 11.7. The van der Waals surface area contributed by atoms with Gasteiger partial charge in [0, 0.05) is 38.6 Å². The van der Waals surface area contributed by atoms with E-state index in [0.29, 0.717) is 6.42 Å². The SMILES string of the molecule is CCC(=O)N1CCN([C@H]2Cc3ccccc3[C@H]2O)CC1. The summed E-state index contributed by atoms with van der Waals surface area (Å²) in [5, 5.41) is 10.5. The van der Waals surface area contributed by atoms with Crippen LogP contribution in [0.5, 0.6) is 0 Å². The summed E-state index contributed by atoms with van der Waals surface area (Å²) >= 11 is 0. The predicted molar refractivity (Wildman–Crippen MR) is 77.3 cm³/mol. The third-order valence-electron chi connectivity index (χ3n) is 4.61. The standard InChI is InChI=1S/C16H22N2O2/c1-2-15(19)18-9-7-17(8-10-18)14-11-12-5-3-4-6-13(12)16(14)20/h3-6,14,16,20H,2,7-11H2,1H3/t14-,16+/m0/s1. The summed E-state index contributed by atoms with van der Waals surface area (Å²) in [5.41, 5.74) is 2.33. The number of rotatable bonds is 2. The fraction of sp³-hybridized carbons (Fsp3) is 0.562. The highest BCUT2D eigenvalue weighted by molar-refractivity contribution is 5.75. The number of hydrogen-bond acceptors (Lipinski definition) is 3. The van der Waals surface area contributed by atoms with Crippen molar-refractivity contribution in [2.45, 2.75) is 31.9 Å². The van der Waals surface area contributed by atoms with Gasteiger partial charge in [0.25, 0.3) is 0 Å². The van der Waals surface area contributed by atoms with Crippen LogP contribution in [0.15, 0.2) is 24.3 Å². The van der Waals surface area contributed by atoms with E-state index in [1.807, 2.05) is 30.0 Å². The molecule has 0 unspecified atom stereocenters. The zero-order valence-electron chi connectivity index (χ0n) is 12.0. The number of benzene rings is 1. The number of carbonyl (C=O) groups excluding carboxylic acids is 1. The molecule has 1 aromatic carbocycles. The highest BCUT2D eigenvalue weighted by Gasteiger charge is 2.36. The normalized spacial score (nSPS) is 26.6. The topological polar surface area (TPSA) is 43.8 Å². The molecule has 1 aliphatic heterocycles. The van der Waals surface area contributed by atoms with E-state index in [1.165, 1.54) is 5.56 Å². The second kappa shape index (κ2) is 5.54. The van der Waals surface area contributed by atoms with Crippen molar-refractivity contribution < 1.29 is 9.90 Å². The molecule has 0 saturated carbocycles. The molecule has 0 aromatic heterocycles. The third-order valence-corrected chi connectivity index (χ3v) is 4.61. The Labute approximate surface area is 120 Å². The van der Waals surface area contributed by atoms with Crippen LogP contribution in [0.25, 0.3) is 0 Å². The molecule has 1 fully saturated rings. The van der Waals surface area contributed by atoms with Crippen LogP contribution in [-0.2, 0) is 11.2 Å². The van der Waals surface area contributed by atoms with Crippen LogP contribution < -0.4 is 0 Å². The Kier molecular flexibility index (Phi) is 3.76. The predicted octanol–water partition coefficient (Wildman–Crippen LogP) is 1.20. The molecule has 1 amide bonds. The zero-order valence-corrected chi connectivity index (χ0v) is 12.0. The average Bonchev–Trinajstić information content (AvgIpc) is 2.84. The van der Waals surface area contributed by atoms with Crippen molar-refractivity contribution in [3.05, 3.63) is 35.4 Å². The van der Waals surface area contributed by atoms with Gasteiger partial charge in [0.15, 0.2) is 0 Å². The summed E-state index contributed by atoms with van der Waals surface area (Å²) in [6, 6.07) is 8.33.